The number of fused-ring (bicyclic) bond motifs is 2. The summed E-state index contributed by atoms with van der Waals surface area (Å²) in [6, 6.07) is 17.1. The SMILES string of the molecule is CO[C@@H]1C[C@@H](COc2nc3c(c(N4CCN(C(=O)O)[C@@H](CC#N)C4)n2)CCN(c2cccc4ccccc24)C3)N(C)C1. The highest BCUT2D eigenvalue weighted by atomic mass is 16.5. The third-order valence-corrected chi connectivity index (χ3v) is 8.87. The number of anilines is 2. The Kier molecular flexibility index (Phi) is 8.00. The molecule has 3 atom stereocenters. The van der Waals surface area contributed by atoms with Gasteiger partial charge in [0.05, 0.1) is 36.9 Å². The van der Waals surface area contributed by atoms with Gasteiger partial charge in [-0.2, -0.15) is 15.2 Å². The molecule has 11 nitrogen and oxygen atoms in total. The van der Waals surface area contributed by atoms with E-state index < -0.39 is 12.1 Å². The van der Waals surface area contributed by atoms with E-state index in [2.05, 4.69) is 70.3 Å². The number of piperazine rings is 1. The lowest BCUT2D eigenvalue weighted by Crippen LogP contribution is -2.55. The maximum Gasteiger partial charge on any atom is 0.407 e. The Morgan fingerprint density at radius 2 is 1.90 bits per heavy atom. The van der Waals surface area contributed by atoms with Crippen LogP contribution in [0.2, 0.25) is 0 Å². The number of amides is 1. The molecule has 0 unspecified atom stereocenters. The number of carbonyl (C=O) groups is 1. The Morgan fingerprint density at radius 3 is 2.69 bits per heavy atom. The van der Waals surface area contributed by atoms with Gasteiger partial charge in [0.2, 0.25) is 0 Å². The topological polar surface area (TPSA) is 118 Å². The second kappa shape index (κ2) is 12.0. The molecule has 3 aromatic rings. The zero-order valence-electron chi connectivity index (χ0n) is 24.1. The van der Waals surface area contributed by atoms with Gasteiger partial charge in [0, 0.05) is 62.5 Å². The van der Waals surface area contributed by atoms with Gasteiger partial charge in [-0.05, 0) is 31.3 Å². The molecule has 0 bridgehead atoms. The van der Waals surface area contributed by atoms with Gasteiger partial charge >= 0.3 is 12.1 Å². The molecule has 3 aliphatic rings. The maximum absolute atomic E-state index is 11.8. The minimum absolute atomic E-state index is 0.128. The number of ether oxygens (including phenoxy) is 2. The quantitative estimate of drug-likeness (QED) is 0.452. The van der Waals surface area contributed by atoms with E-state index in [-0.39, 0.29) is 18.6 Å². The fourth-order valence-electron chi connectivity index (χ4n) is 6.55. The third-order valence-electron chi connectivity index (χ3n) is 8.87. The predicted octanol–water partition coefficient (Wildman–Crippen LogP) is 3.37. The highest BCUT2D eigenvalue weighted by Gasteiger charge is 2.35. The molecule has 1 amide bonds. The van der Waals surface area contributed by atoms with Crippen LogP contribution in [-0.4, -0.2) is 103 Å². The van der Waals surface area contributed by atoms with E-state index in [4.69, 9.17) is 19.4 Å². The average Bonchev–Trinajstić information content (AvgIpc) is 3.38. The molecule has 0 saturated carbocycles. The molecule has 1 N–H and O–H groups in total. The lowest BCUT2D eigenvalue weighted by molar-refractivity contribution is 0.111. The van der Waals surface area contributed by atoms with Crippen molar-refractivity contribution in [3.8, 4) is 12.1 Å². The average molecular weight is 572 g/mol. The zero-order chi connectivity index (χ0) is 29.2. The molecule has 6 rings (SSSR count). The Morgan fingerprint density at radius 1 is 1.07 bits per heavy atom. The summed E-state index contributed by atoms with van der Waals surface area (Å²) in [7, 11) is 3.82. The van der Waals surface area contributed by atoms with Crippen molar-refractivity contribution in [3.05, 3.63) is 53.7 Å². The van der Waals surface area contributed by atoms with E-state index in [1.54, 1.807) is 7.11 Å². The van der Waals surface area contributed by atoms with E-state index in [0.717, 1.165) is 43.0 Å². The van der Waals surface area contributed by atoms with Crippen molar-refractivity contribution in [3.63, 3.8) is 0 Å². The van der Waals surface area contributed by atoms with Crippen LogP contribution >= 0.6 is 0 Å². The molecule has 2 aromatic carbocycles. The van der Waals surface area contributed by atoms with E-state index >= 15 is 0 Å². The number of methoxy groups -OCH3 is 1. The van der Waals surface area contributed by atoms with Gasteiger partial charge < -0.3 is 29.3 Å². The molecule has 3 aliphatic heterocycles. The number of benzene rings is 2. The number of aromatic nitrogens is 2. The number of nitriles is 1. The van der Waals surface area contributed by atoms with Crippen LogP contribution in [0.15, 0.2) is 42.5 Å². The van der Waals surface area contributed by atoms with Gasteiger partial charge in [-0.25, -0.2) is 4.79 Å². The van der Waals surface area contributed by atoms with Crippen molar-refractivity contribution >= 4 is 28.4 Å². The van der Waals surface area contributed by atoms with Crippen LogP contribution in [0.1, 0.15) is 24.1 Å². The minimum Gasteiger partial charge on any atom is -0.465 e. The van der Waals surface area contributed by atoms with Crippen molar-refractivity contribution in [1.29, 1.82) is 5.26 Å². The van der Waals surface area contributed by atoms with E-state index in [0.29, 0.717) is 38.8 Å². The van der Waals surface area contributed by atoms with E-state index in [1.807, 2.05) is 0 Å². The van der Waals surface area contributed by atoms with Crippen LogP contribution < -0.4 is 14.5 Å². The first-order valence-corrected chi connectivity index (χ1v) is 14.5. The van der Waals surface area contributed by atoms with Crippen LogP contribution in [0.5, 0.6) is 6.01 Å². The number of hydrogen-bond donors (Lipinski definition) is 1. The summed E-state index contributed by atoms with van der Waals surface area (Å²) in [5.41, 5.74) is 3.15. The van der Waals surface area contributed by atoms with Gasteiger partial charge in [-0.1, -0.05) is 36.4 Å². The minimum atomic E-state index is -0.996. The van der Waals surface area contributed by atoms with Crippen LogP contribution in [0.4, 0.5) is 16.3 Å². The smallest absolute Gasteiger partial charge is 0.407 e. The first-order valence-electron chi connectivity index (χ1n) is 14.5. The summed E-state index contributed by atoms with van der Waals surface area (Å²) in [6.07, 6.45) is 0.942. The van der Waals surface area contributed by atoms with Crippen molar-refractivity contribution in [1.82, 2.24) is 19.8 Å². The standard InChI is InChI=1S/C31H37N7O4/c1-35-18-24(41-2)16-23(35)20-42-30-33-27-19-36(28-9-5-7-21-6-3-4-8-25(21)28)13-11-26(27)29(34-30)37-14-15-38(31(39)40)22(17-37)10-12-32/h3-9,22-24H,10-11,13-20H2,1-2H3,(H,39,40)/t22-,23-,24+/m0/s1. The Hall–Kier alpha value is -4.14. The molecule has 0 spiro atoms. The fraction of sp³-hybridized carbons (Fsp3) is 0.484. The fourth-order valence-corrected chi connectivity index (χ4v) is 6.55. The largest absolute Gasteiger partial charge is 0.465 e. The molecule has 220 valence electrons. The lowest BCUT2D eigenvalue weighted by Gasteiger charge is -2.41. The molecular formula is C31H37N7O4. The normalized spacial score (nSPS) is 22.7. The van der Waals surface area contributed by atoms with Crippen LogP contribution in [0.3, 0.4) is 0 Å². The van der Waals surface area contributed by atoms with Crippen LogP contribution in [-0.2, 0) is 17.7 Å². The number of likely N-dealkylation sites (N-methyl/N-ethyl adjacent to an activating group) is 1. The highest BCUT2D eigenvalue weighted by Crippen LogP contribution is 2.35. The molecule has 2 fully saturated rings. The molecule has 11 heteroatoms. The second-order valence-corrected chi connectivity index (χ2v) is 11.4. The Labute approximate surface area is 245 Å². The number of hydrogen-bond acceptors (Lipinski definition) is 9. The van der Waals surface area contributed by atoms with E-state index in [9.17, 15) is 15.2 Å². The van der Waals surface area contributed by atoms with Crippen molar-refractivity contribution in [2.24, 2.45) is 0 Å². The monoisotopic (exact) mass is 571 g/mol. The van der Waals surface area contributed by atoms with Gasteiger partial charge in [0.25, 0.3) is 0 Å². The van der Waals surface area contributed by atoms with Gasteiger partial charge in [0.1, 0.15) is 12.4 Å². The summed E-state index contributed by atoms with van der Waals surface area (Å²) in [6.45, 7) is 3.92. The van der Waals surface area contributed by atoms with Gasteiger partial charge in [0.15, 0.2) is 0 Å². The van der Waals surface area contributed by atoms with E-state index in [1.165, 1.54) is 21.4 Å². The summed E-state index contributed by atoms with van der Waals surface area (Å²) < 4.78 is 11.8. The van der Waals surface area contributed by atoms with Crippen molar-refractivity contribution in [2.45, 2.75) is 44.0 Å². The molecule has 4 heterocycles. The summed E-state index contributed by atoms with van der Waals surface area (Å²) >= 11 is 0. The molecular weight excluding hydrogens is 534 g/mol. The summed E-state index contributed by atoms with van der Waals surface area (Å²) in [5, 5.41) is 21.5. The first-order chi connectivity index (χ1) is 20.4. The third kappa shape index (κ3) is 5.52. The number of likely N-dealkylation sites (tertiary alicyclic amines) is 1. The number of carboxylic acid groups (broad SMARTS) is 1. The lowest BCUT2D eigenvalue weighted by atomic mass is 10.0. The molecule has 0 radical (unpaired) electrons. The maximum atomic E-state index is 11.8. The Balaban J connectivity index is 1.32. The van der Waals surface area contributed by atoms with Gasteiger partial charge in [-0.3, -0.25) is 4.90 Å². The molecule has 2 saturated heterocycles. The number of rotatable bonds is 7. The highest BCUT2D eigenvalue weighted by molar-refractivity contribution is 5.94. The summed E-state index contributed by atoms with van der Waals surface area (Å²) in [4.78, 5) is 29.8. The number of nitrogens with zero attached hydrogens (tertiary/aromatic N) is 7. The van der Waals surface area contributed by atoms with Crippen LogP contribution in [0, 0.1) is 11.3 Å². The van der Waals surface area contributed by atoms with Gasteiger partial charge in [-0.15, -0.1) is 0 Å². The molecule has 42 heavy (non-hydrogen) atoms. The molecule has 1 aromatic heterocycles. The molecule has 0 aliphatic carbocycles. The Bertz CT molecular complexity index is 1490. The van der Waals surface area contributed by atoms with Crippen molar-refractivity contribution in [2.75, 3.05) is 63.3 Å². The second-order valence-electron chi connectivity index (χ2n) is 11.4. The van der Waals surface area contributed by atoms with Crippen molar-refractivity contribution < 1.29 is 19.4 Å². The predicted molar refractivity (Wildman–Crippen MR) is 159 cm³/mol. The zero-order valence-corrected chi connectivity index (χ0v) is 24.1. The first kappa shape index (κ1) is 28.0. The van der Waals surface area contributed by atoms with Crippen LogP contribution in [0.25, 0.3) is 10.8 Å². The summed E-state index contributed by atoms with van der Waals surface area (Å²) in [5.74, 6) is 0.787.